The maximum absolute atomic E-state index is 12.6. The van der Waals surface area contributed by atoms with Crippen LogP contribution in [0.25, 0.3) is 0 Å². The lowest BCUT2D eigenvalue weighted by Gasteiger charge is -2.35. The number of carbonyl (C=O) groups is 2. The lowest BCUT2D eigenvalue weighted by molar-refractivity contribution is 0.0663. The number of rotatable bonds is 5. The summed E-state index contributed by atoms with van der Waals surface area (Å²) < 4.78 is 0. The number of piperazine rings is 1. The first-order valence-corrected chi connectivity index (χ1v) is 9.02. The van der Waals surface area contributed by atoms with E-state index in [-0.39, 0.29) is 18.0 Å². The van der Waals surface area contributed by atoms with Gasteiger partial charge in [-0.3, -0.25) is 4.79 Å². The summed E-state index contributed by atoms with van der Waals surface area (Å²) in [7, 11) is 0. The molecule has 1 aliphatic rings. The third-order valence-corrected chi connectivity index (χ3v) is 4.35. The molecule has 0 aromatic carbocycles. The van der Waals surface area contributed by atoms with E-state index in [1.165, 1.54) is 0 Å². The van der Waals surface area contributed by atoms with Gasteiger partial charge in [-0.05, 0) is 39.8 Å². The third-order valence-electron chi connectivity index (χ3n) is 4.35. The lowest BCUT2D eigenvalue weighted by atomic mass is 10.2. The fraction of sp³-hybridized carbons (Fsp3) is 0.611. The molecule has 0 bridgehead atoms. The molecule has 7 nitrogen and oxygen atoms in total. The van der Waals surface area contributed by atoms with Crippen molar-refractivity contribution in [1.82, 2.24) is 20.1 Å². The van der Waals surface area contributed by atoms with Gasteiger partial charge < -0.3 is 20.0 Å². The van der Waals surface area contributed by atoms with Gasteiger partial charge in [0.05, 0.1) is 5.56 Å². The summed E-state index contributed by atoms with van der Waals surface area (Å²) in [6.07, 6.45) is 1.65. The zero-order valence-electron chi connectivity index (χ0n) is 15.7. The van der Waals surface area contributed by atoms with Crippen molar-refractivity contribution >= 4 is 17.8 Å². The normalized spacial score (nSPS) is 14.6. The molecule has 0 spiro atoms. The standard InChI is InChI=1S/C18H29N5O2/c1-5-21(6-2)16-8-7-15(13-19-16)17(24)22-9-11-23(12-10-22)18(25)20-14(3)4/h7-8,13-14H,5-6,9-12H2,1-4H3,(H,20,25). The molecule has 1 aromatic heterocycles. The first kappa shape index (κ1) is 19.0. The summed E-state index contributed by atoms with van der Waals surface area (Å²) in [6, 6.07) is 3.78. The summed E-state index contributed by atoms with van der Waals surface area (Å²) in [5.74, 6) is 0.860. The average Bonchev–Trinajstić information content (AvgIpc) is 2.62. The minimum atomic E-state index is -0.0626. The maximum atomic E-state index is 12.6. The summed E-state index contributed by atoms with van der Waals surface area (Å²) in [5.41, 5.74) is 0.594. The second kappa shape index (κ2) is 8.69. The maximum Gasteiger partial charge on any atom is 0.317 e. The van der Waals surface area contributed by atoms with Crippen molar-refractivity contribution in [2.45, 2.75) is 33.7 Å². The number of hydrogen-bond acceptors (Lipinski definition) is 4. The number of hydrogen-bond donors (Lipinski definition) is 1. The van der Waals surface area contributed by atoms with Crippen molar-refractivity contribution in [3.63, 3.8) is 0 Å². The highest BCUT2D eigenvalue weighted by Gasteiger charge is 2.25. The topological polar surface area (TPSA) is 68.8 Å². The zero-order chi connectivity index (χ0) is 18.4. The second-order valence-electron chi connectivity index (χ2n) is 6.46. The van der Waals surface area contributed by atoms with Gasteiger partial charge in [0, 0.05) is 51.5 Å². The smallest absolute Gasteiger partial charge is 0.317 e. The van der Waals surface area contributed by atoms with E-state index in [2.05, 4.69) is 29.0 Å². The van der Waals surface area contributed by atoms with Crippen molar-refractivity contribution in [2.75, 3.05) is 44.2 Å². The number of anilines is 1. The molecular formula is C18H29N5O2. The number of pyridine rings is 1. The quantitative estimate of drug-likeness (QED) is 0.882. The highest BCUT2D eigenvalue weighted by molar-refractivity contribution is 5.94. The van der Waals surface area contributed by atoms with Gasteiger partial charge >= 0.3 is 6.03 Å². The number of aromatic nitrogens is 1. The van der Waals surface area contributed by atoms with Crippen LogP contribution in [0.2, 0.25) is 0 Å². The predicted molar refractivity (Wildman–Crippen MR) is 98.9 cm³/mol. The Hall–Kier alpha value is -2.31. The van der Waals surface area contributed by atoms with Crippen LogP contribution in [-0.4, -0.2) is 72.0 Å². The van der Waals surface area contributed by atoms with Crippen molar-refractivity contribution in [3.8, 4) is 0 Å². The lowest BCUT2D eigenvalue weighted by Crippen LogP contribution is -2.54. The number of urea groups is 1. The van der Waals surface area contributed by atoms with Crippen LogP contribution in [0.5, 0.6) is 0 Å². The van der Waals surface area contributed by atoms with Gasteiger partial charge in [0.15, 0.2) is 0 Å². The van der Waals surface area contributed by atoms with Crippen molar-refractivity contribution in [3.05, 3.63) is 23.9 Å². The molecule has 3 amide bonds. The Bertz CT molecular complexity index is 576. The predicted octanol–water partition coefficient (Wildman–Crippen LogP) is 1.80. The number of nitrogens with zero attached hydrogens (tertiary/aromatic N) is 4. The van der Waals surface area contributed by atoms with E-state index in [9.17, 15) is 9.59 Å². The molecule has 0 unspecified atom stereocenters. The van der Waals surface area contributed by atoms with E-state index in [1.807, 2.05) is 26.0 Å². The number of amides is 3. The van der Waals surface area contributed by atoms with E-state index in [1.54, 1.807) is 16.0 Å². The molecule has 2 rings (SSSR count). The largest absolute Gasteiger partial charge is 0.357 e. The Morgan fingerprint density at radius 2 is 1.72 bits per heavy atom. The Balaban J connectivity index is 1.93. The summed E-state index contributed by atoms with van der Waals surface area (Å²) in [5, 5.41) is 2.88. The molecule has 1 N–H and O–H groups in total. The average molecular weight is 347 g/mol. The van der Waals surface area contributed by atoms with Crippen LogP contribution in [0.3, 0.4) is 0 Å². The van der Waals surface area contributed by atoms with Crippen LogP contribution in [0, 0.1) is 0 Å². The SMILES string of the molecule is CCN(CC)c1ccc(C(=O)N2CCN(C(=O)NC(C)C)CC2)cn1. The highest BCUT2D eigenvalue weighted by Crippen LogP contribution is 2.13. The first-order valence-electron chi connectivity index (χ1n) is 9.02. The number of nitrogens with one attached hydrogen (secondary N) is 1. The summed E-state index contributed by atoms with van der Waals surface area (Å²) in [4.78, 5) is 34.7. The van der Waals surface area contributed by atoms with E-state index in [0.29, 0.717) is 31.7 Å². The van der Waals surface area contributed by atoms with E-state index in [0.717, 1.165) is 18.9 Å². The Kier molecular flexibility index (Phi) is 6.61. The zero-order valence-corrected chi connectivity index (χ0v) is 15.7. The Labute approximate surface area is 150 Å². The molecule has 2 heterocycles. The molecular weight excluding hydrogens is 318 g/mol. The Morgan fingerprint density at radius 1 is 1.12 bits per heavy atom. The summed E-state index contributed by atoms with van der Waals surface area (Å²) >= 11 is 0. The fourth-order valence-electron chi connectivity index (χ4n) is 2.88. The highest BCUT2D eigenvalue weighted by atomic mass is 16.2. The van der Waals surface area contributed by atoms with E-state index in [4.69, 9.17) is 0 Å². The van der Waals surface area contributed by atoms with E-state index < -0.39 is 0 Å². The van der Waals surface area contributed by atoms with Crippen LogP contribution < -0.4 is 10.2 Å². The van der Waals surface area contributed by atoms with Gasteiger partial charge in [0.25, 0.3) is 5.91 Å². The monoisotopic (exact) mass is 347 g/mol. The molecule has 1 fully saturated rings. The molecule has 1 aliphatic heterocycles. The van der Waals surface area contributed by atoms with Crippen LogP contribution in [0.15, 0.2) is 18.3 Å². The minimum absolute atomic E-state index is 0.0254. The molecule has 0 radical (unpaired) electrons. The molecule has 1 saturated heterocycles. The van der Waals surface area contributed by atoms with Crippen LogP contribution in [-0.2, 0) is 0 Å². The molecule has 0 aliphatic carbocycles. The van der Waals surface area contributed by atoms with Gasteiger partial charge in [-0.25, -0.2) is 9.78 Å². The molecule has 0 saturated carbocycles. The van der Waals surface area contributed by atoms with Gasteiger partial charge in [-0.1, -0.05) is 0 Å². The first-order chi connectivity index (χ1) is 12.0. The van der Waals surface area contributed by atoms with Crippen molar-refractivity contribution < 1.29 is 9.59 Å². The fourth-order valence-corrected chi connectivity index (χ4v) is 2.88. The second-order valence-corrected chi connectivity index (χ2v) is 6.46. The van der Waals surface area contributed by atoms with Gasteiger partial charge in [-0.2, -0.15) is 0 Å². The van der Waals surface area contributed by atoms with Gasteiger partial charge in [0.1, 0.15) is 5.82 Å². The van der Waals surface area contributed by atoms with Crippen LogP contribution in [0.4, 0.5) is 10.6 Å². The van der Waals surface area contributed by atoms with E-state index >= 15 is 0 Å². The summed E-state index contributed by atoms with van der Waals surface area (Å²) in [6.45, 7) is 12.0. The molecule has 138 valence electrons. The number of carbonyl (C=O) groups excluding carboxylic acids is 2. The molecule has 7 heteroatoms. The van der Waals surface area contributed by atoms with Gasteiger partial charge in [-0.15, -0.1) is 0 Å². The van der Waals surface area contributed by atoms with Crippen molar-refractivity contribution in [2.24, 2.45) is 0 Å². The third kappa shape index (κ3) is 4.84. The molecule has 25 heavy (non-hydrogen) atoms. The molecule has 0 atom stereocenters. The van der Waals surface area contributed by atoms with Gasteiger partial charge in [0.2, 0.25) is 0 Å². The minimum Gasteiger partial charge on any atom is -0.357 e. The van der Waals surface area contributed by atoms with Crippen LogP contribution >= 0.6 is 0 Å². The van der Waals surface area contributed by atoms with Crippen molar-refractivity contribution in [1.29, 1.82) is 0 Å². The molecule has 1 aromatic rings. The van der Waals surface area contributed by atoms with Crippen LogP contribution in [0.1, 0.15) is 38.1 Å². The Morgan fingerprint density at radius 3 is 2.20 bits per heavy atom.